The molecule has 1 aliphatic heterocycles. The second-order valence-electron chi connectivity index (χ2n) is 2.86. The van der Waals surface area contributed by atoms with E-state index < -0.39 is 20.5 Å². The number of alkyl halides is 1. The van der Waals surface area contributed by atoms with Gasteiger partial charge in [-0.1, -0.05) is 0 Å². The fourth-order valence-electron chi connectivity index (χ4n) is 1.02. The average Bonchev–Trinajstić information content (AvgIpc) is 2.28. The summed E-state index contributed by atoms with van der Waals surface area (Å²) < 4.78 is 22.3. The number of Topliss-reactive ketones (excluding diaryl/α,β-unsaturated/α-hetero) is 1. The predicted octanol–water partition coefficient (Wildman–Crippen LogP) is 1.18. The van der Waals surface area contributed by atoms with Gasteiger partial charge in [0.2, 0.25) is 0 Å². The van der Waals surface area contributed by atoms with Gasteiger partial charge < -0.3 is 0 Å². The van der Waals surface area contributed by atoms with Gasteiger partial charge in [0.1, 0.15) is 5.78 Å². The second kappa shape index (κ2) is 3.63. The summed E-state index contributed by atoms with van der Waals surface area (Å²) in [7, 11) is -3.26. The molecule has 0 N–H and O–H groups in total. The molecular weight excluding hydrogens is 232 g/mol. The third-order valence-electron chi connectivity index (χ3n) is 1.70. The molecule has 74 valence electrons. The van der Waals surface area contributed by atoms with E-state index in [0.717, 1.165) is 6.26 Å². The van der Waals surface area contributed by atoms with Gasteiger partial charge in [0.15, 0.2) is 9.84 Å². The molecule has 0 amide bonds. The van der Waals surface area contributed by atoms with Crippen LogP contribution in [0.15, 0.2) is 10.3 Å². The molecule has 0 radical (unpaired) electrons. The number of hydrogen-bond donors (Lipinski definition) is 0. The van der Waals surface area contributed by atoms with Crippen molar-refractivity contribution in [2.45, 2.75) is 17.6 Å². The zero-order valence-corrected chi connectivity index (χ0v) is 9.54. The Hall–Kier alpha value is -0.000000000000000111. The fraction of sp³-hybridized carbons (Fsp3) is 0.571. The lowest BCUT2D eigenvalue weighted by Gasteiger charge is -2.10. The Morgan fingerprint density at radius 2 is 2.15 bits per heavy atom. The molecule has 0 aromatic rings. The van der Waals surface area contributed by atoms with E-state index in [1.165, 1.54) is 24.1 Å². The van der Waals surface area contributed by atoms with Crippen LogP contribution in [-0.2, 0) is 14.6 Å². The van der Waals surface area contributed by atoms with Crippen molar-refractivity contribution in [3.63, 3.8) is 0 Å². The van der Waals surface area contributed by atoms with E-state index in [1.807, 2.05) is 0 Å². The van der Waals surface area contributed by atoms with Crippen molar-refractivity contribution >= 4 is 39.0 Å². The Kier molecular flexibility index (Phi) is 3.09. The Morgan fingerprint density at radius 1 is 1.62 bits per heavy atom. The summed E-state index contributed by atoms with van der Waals surface area (Å²) in [5, 5.41) is 0.294. The minimum absolute atomic E-state index is 0.0973. The van der Waals surface area contributed by atoms with Gasteiger partial charge in [-0.2, -0.15) is 0 Å². The highest BCUT2D eigenvalue weighted by Crippen LogP contribution is 2.37. The van der Waals surface area contributed by atoms with E-state index in [0.29, 0.717) is 0 Å². The number of halogens is 1. The van der Waals surface area contributed by atoms with Gasteiger partial charge >= 0.3 is 0 Å². The molecule has 1 heterocycles. The van der Waals surface area contributed by atoms with Crippen molar-refractivity contribution in [2.24, 2.45) is 0 Å². The number of rotatable bonds is 2. The zero-order valence-electron chi connectivity index (χ0n) is 7.15. The Bertz CT molecular complexity index is 358. The van der Waals surface area contributed by atoms with E-state index in [9.17, 15) is 13.2 Å². The van der Waals surface area contributed by atoms with Crippen LogP contribution in [0.3, 0.4) is 0 Å². The lowest BCUT2D eigenvalue weighted by molar-refractivity contribution is -0.116. The van der Waals surface area contributed by atoms with Crippen LogP contribution in [0.25, 0.3) is 0 Å². The number of sulfone groups is 1. The molecule has 0 fully saturated rings. The molecule has 0 saturated heterocycles. The molecule has 1 rings (SSSR count). The van der Waals surface area contributed by atoms with Crippen molar-refractivity contribution in [1.29, 1.82) is 0 Å². The van der Waals surface area contributed by atoms with Gasteiger partial charge in [-0.3, -0.25) is 4.79 Å². The van der Waals surface area contributed by atoms with Gasteiger partial charge in [0.05, 0.1) is 15.5 Å². The van der Waals surface area contributed by atoms with E-state index in [4.69, 9.17) is 11.6 Å². The van der Waals surface area contributed by atoms with Crippen LogP contribution in [0, 0.1) is 0 Å². The van der Waals surface area contributed by atoms with Gasteiger partial charge in [-0.25, -0.2) is 8.42 Å². The number of carbonyl (C=O) groups is 1. The molecule has 1 aliphatic rings. The Balaban J connectivity index is 2.93. The van der Waals surface area contributed by atoms with Crippen molar-refractivity contribution in [3.05, 3.63) is 10.3 Å². The van der Waals surface area contributed by atoms with Crippen molar-refractivity contribution < 1.29 is 13.2 Å². The third-order valence-corrected chi connectivity index (χ3v) is 5.13. The normalized spacial score (nSPS) is 28.7. The van der Waals surface area contributed by atoms with E-state index >= 15 is 0 Å². The molecule has 6 heteroatoms. The van der Waals surface area contributed by atoms with E-state index in [1.54, 1.807) is 0 Å². The topological polar surface area (TPSA) is 51.2 Å². The maximum Gasteiger partial charge on any atom is 0.173 e. The SMILES string of the molecule is CC(=O)C1SC=C(S(C)(=O)=O)C1Cl. The van der Waals surface area contributed by atoms with Crippen LogP contribution in [0.2, 0.25) is 0 Å². The zero-order chi connectivity index (χ0) is 10.2. The van der Waals surface area contributed by atoms with E-state index in [-0.39, 0.29) is 10.7 Å². The molecule has 0 aromatic heterocycles. The van der Waals surface area contributed by atoms with Crippen LogP contribution in [0.1, 0.15) is 6.92 Å². The summed E-state index contributed by atoms with van der Waals surface area (Å²) in [5.41, 5.74) is 0. The van der Waals surface area contributed by atoms with Gasteiger partial charge in [0.25, 0.3) is 0 Å². The quantitative estimate of drug-likeness (QED) is 0.681. The van der Waals surface area contributed by atoms with Crippen LogP contribution in [0.5, 0.6) is 0 Å². The molecule has 0 bridgehead atoms. The summed E-state index contributed by atoms with van der Waals surface area (Å²) in [6, 6.07) is 0. The maximum absolute atomic E-state index is 11.1. The molecule has 13 heavy (non-hydrogen) atoms. The van der Waals surface area contributed by atoms with Crippen molar-refractivity contribution in [3.8, 4) is 0 Å². The lowest BCUT2D eigenvalue weighted by Crippen LogP contribution is -2.25. The first-order valence-electron chi connectivity index (χ1n) is 3.54. The fourth-order valence-corrected chi connectivity index (χ4v) is 4.40. The first-order valence-corrected chi connectivity index (χ1v) is 6.81. The third kappa shape index (κ3) is 2.27. The molecular formula is C7H9ClO3S2. The van der Waals surface area contributed by atoms with Gasteiger partial charge in [0, 0.05) is 6.26 Å². The Labute approximate surface area is 86.4 Å². The maximum atomic E-state index is 11.1. The smallest absolute Gasteiger partial charge is 0.173 e. The minimum Gasteiger partial charge on any atom is -0.299 e. The first-order chi connectivity index (χ1) is 5.84. The highest BCUT2D eigenvalue weighted by molar-refractivity contribution is 8.05. The van der Waals surface area contributed by atoms with Crippen LogP contribution in [0.4, 0.5) is 0 Å². The second-order valence-corrected chi connectivity index (χ2v) is 6.36. The highest BCUT2D eigenvalue weighted by Gasteiger charge is 2.36. The van der Waals surface area contributed by atoms with Gasteiger partial charge in [-0.05, 0) is 12.3 Å². The van der Waals surface area contributed by atoms with Crippen LogP contribution < -0.4 is 0 Å². The molecule has 2 atom stereocenters. The van der Waals surface area contributed by atoms with Gasteiger partial charge in [-0.15, -0.1) is 23.4 Å². The Morgan fingerprint density at radius 3 is 2.38 bits per heavy atom. The number of thioether (sulfide) groups is 1. The van der Waals surface area contributed by atoms with E-state index in [2.05, 4.69) is 0 Å². The average molecular weight is 241 g/mol. The molecule has 2 unspecified atom stereocenters. The molecule has 0 spiro atoms. The molecule has 0 aromatic carbocycles. The summed E-state index contributed by atoms with van der Waals surface area (Å²) in [4.78, 5) is 11.1. The summed E-state index contributed by atoms with van der Waals surface area (Å²) in [6.07, 6.45) is 1.09. The number of ketones is 1. The predicted molar refractivity (Wildman–Crippen MR) is 54.6 cm³/mol. The summed E-state index contributed by atoms with van der Waals surface area (Å²) in [6.45, 7) is 1.41. The lowest BCUT2D eigenvalue weighted by atomic mass is 10.2. The molecule has 3 nitrogen and oxygen atoms in total. The first kappa shape index (κ1) is 11.1. The summed E-state index contributed by atoms with van der Waals surface area (Å²) >= 11 is 7.01. The van der Waals surface area contributed by atoms with Crippen LogP contribution >= 0.6 is 23.4 Å². The molecule has 0 saturated carbocycles. The summed E-state index contributed by atoms with van der Waals surface area (Å²) in [5.74, 6) is -0.0973. The largest absolute Gasteiger partial charge is 0.299 e. The minimum atomic E-state index is -3.26. The van der Waals surface area contributed by atoms with Crippen molar-refractivity contribution in [1.82, 2.24) is 0 Å². The highest BCUT2D eigenvalue weighted by atomic mass is 35.5. The van der Waals surface area contributed by atoms with Crippen molar-refractivity contribution in [2.75, 3.05) is 6.26 Å². The molecule has 0 aliphatic carbocycles. The number of hydrogen-bond acceptors (Lipinski definition) is 4. The standard InChI is InChI=1S/C7H9ClO3S2/c1-4(9)7-6(8)5(3-12-7)13(2,10)11/h3,6-7H,1-2H3. The van der Waals surface area contributed by atoms with Crippen LogP contribution in [-0.4, -0.2) is 31.1 Å². The monoisotopic (exact) mass is 240 g/mol. The number of carbonyl (C=O) groups excluding carboxylic acids is 1. The number of allylic oxidation sites excluding steroid dienone is 1.